The van der Waals surface area contributed by atoms with Crippen LogP contribution < -0.4 is 11.2 Å². The lowest BCUT2D eigenvalue weighted by molar-refractivity contribution is -0.0417. The minimum atomic E-state index is -5.39. The molecule has 15 nitrogen and oxygen atoms in total. The summed E-state index contributed by atoms with van der Waals surface area (Å²) in [5.41, 5.74) is -1.11. The van der Waals surface area contributed by atoms with Gasteiger partial charge in [-0.25, -0.2) is 18.2 Å². The van der Waals surface area contributed by atoms with Crippen LogP contribution in [0.5, 0.6) is 0 Å². The third kappa shape index (κ3) is 7.09. The van der Waals surface area contributed by atoms with Gasteiger partial charge in [0, 0.05) is 18.2 Å². The van der Waals surface area contributed by atoms with Crippen molar-refractivity contribution < 1.29 is 51.4 Å². The average molecular weight is 479 g/mol. The van der Waals surface area contributed by atoms with E-state index in [2.05, 4.69) is 13.6 Å². The summed E-state index contributed by atoms with van der Waals surface area (Å²) in [4.78, 5) is 51.8. The zero-order valence-electron chi connectivity index (χ0n) is 14.0. The van der Waals surface area contributed by atoms with Crippen LogP contribution in [0.1, 0.15) is 18.2 Å². The fourth-order valence-electron chi connectivity index (χ4n) is 2.23. The molecule has 5 N–H and O–H groups in total. The van der Waals surface area contributed by atoms with Crippen LogP contribution in [0.25, 0.3) is 0 Å². The molecule has 1 saturated heterocycles. The van der Waals surface area contributed by atoms with E-state index in [1.165, 1.54) is 13.1 Å². The van der Waals surface area contributed by atoms with Gasteiger partial charge in [-0.1, -0.05) is 0 Å². The number of aromatic nitrogens is 2. The molecule has 5 atom stereocenters. The summed E-state index contributed by atoms with van der Waals surface area (Å²) in [5.74, 6) is 0. The maximum Gasteiger partial charge on any atom is 0.485 e. The summed E-state index contributed by atoms with van der Waals surface area (Å²) >= 11 is 0. The van der Waals surface area contributed by atoms with E-state index in [4.69, 9.17) is 19.0 Å². The first-order valence-corrected chi connectivity index (χ1v) is 11.4. The second-order valence-electron chi connectivity index (χ2n) is 5.55. The van der Waals surface area contributed by atoms with Crippen LogP contribution in [-0.4, -0.2) is 55.7 Å². The van der Waals surface area contributed by atoms with Crippen molar-refractivity contribution in [3.63, 3.8) is 0 Å². The number of ether oxygens (including phenoxy) is 1. The smallest absolute Gasteiger partial charge is 0.390 e. The number of H-pyrrole nitrogens is 1. The lowest BCUT2D eigenvalue weighted by Gasteiger charge is -2.24. The molecule has 1 aliphatic heterocycles. The molecular weight excluding hydrogens is 460 g/mol. The van der Waals surface area contributed by atoms with E-state index >= 15 is 0 Å². The molecule has 0 amide bonds. The maximum absolute atomic E-state index is 12.2. The van der Waals surface area contributed by atoms with Crippen molar-refractivity contribution in [1.29, 1.82) is 0 Å². The van der Waals surface area contributed by atoms with Gasteiger partial charge in [-0.3, -0.25) is 14.3 Å². The number of hydrogen-bond acceptors (Lipinski definition) is 10. The van der Waals surface area contributed by atoms with Gasteiger partial charge in [0.1, 0.15) is 12.3 Å². The second kappa shape index (κ2) is 8.70. The topological polar surface area (TPSA) is 224 Å². The van der Waals surface area contributed by atoms with Gasteiger partial charge in [0.25, 0.3) is 5.56 Å². The predicted molar refractivity (Wildman–Crippen MR) is 98.1 cm³/mol. The molecule has 1 aliphatic rings. The Labute approximate surface area is 163 Å². The van der Waals surface area contributed by atoms with Crippen molar-refractivity contribution in [2.75, 3.05) is 6.61 Å². The van der Waals surface area contributed by atoms with Crippen LogP contribution in [0.15, 0.2) is 15.8 Å². The normalized spacial score (nSPS) is 26.8. The van der Waals surface area contributed by atoms with E-state index in [9.17, 15) is 33.3 Å². The highest BCUT2D eigenvalue weighted by atomic mass is 31.3. The van der Waals surface area contributed by atoms with Crippen molar-refractivity contribution in [3.8, 4) is 0 Å². The minimum absolute atomic E-state index is 0.0688. The molecule has 2 rings (SSSR count). The summed E-state index contributed by atoms with van der Waals surface area (Å²) in [7, 11) is -16.3. The molecule has 1 aromatic heterocycles. The summed E-state index contributed by atoms with van der Waals surface area (Å²) in [6.45, 7) is 0.901. The largest absolute Gasteiger partial charge is 0.485 e. The number of phosphoric acid groups is 2. The SMILES string of the molecule is [BH3-]P(=O)(OC[C@H]1O[C@@H](n2cc(C)c(=O)[nH]c2=O)CC1O)OP(=O)(O)OP(=O)(O)O. The standard InChI is InChI=1S/C10H19BN2O13P3/c1-5-3-13(10(16)12-9(5)15)8-2-6(14)7(24-8)4-23-27(11,17)25-29(21,22)26-28(18,19)20/h3,6-8,14H,2,4H2,1,11H3,(H,21,22)(H,12,15,16)(H2,18,19,20)/q-1/t6?,7-,8-,27?/m1/s1. The highest BCUT2D eigenvalue weighted by molar-refractivity contribution is 7.84. The third-order valence-electron chi connectivity index (χ3n) is 3.38. The first-order chi connectivity index (χ1) is 13.1. The van der Waals surface area contributed by atoms with Crippen molar-refractivity contribution in [1.82, 2.24) is 9.55 Å². The van der Waals surface area contributed by atoms with Crippen molar-refractivity contribution in [2.24, 2.45) is 0 Å². The second-order valence-corrected chi connectivity index (χ2v) is 9.48. The van der Waals surface area contributed by atoms with Crippen LogP contribution in [0.4, 0.5) is 0 Å². The van der Waals surface area contributed by atoms with E-state index in [-0.39, 0.29) is 12.0 Å². The fourth-order valence-corrected chi connectivity index (χ4v) is 4.82. The summed E-state index contributed by atoms with van der Waals surface area (Å²) in [5, 5.41) is 10.1. The van der Waals surface area contributed by atoms with Gasteiger partial charge in [0.05, 0.1) is 20.3 Å². The summed E-state index contributed by atoms with van der Waals surface area (Å²) in [6.07, 6.45) is -2.06. The lowest BCUT2D eigenvalue weighted by atomic mass is 10.2. The zero-order valence-corrected chi connectivity index (χ0v) is 16.7. The number of nitrogens with zero attached hydrogens (tertiary/aromatic N) is 1. The predicted octanol–water partition coefficient (Wildman–Crippen LogP) is -1.79. The summed E-state index contributed by atoms with van der Waals surface area (Å²) < 4.78 is 53.7. The number of aliphatic hydroxyl groups is 1. The molecule has 0 bridgehead atoms. The quantitative estimate of drug-likeness (QED) is 0.206. The molecule has 3 unspecified atom stereocenters. The van der Waals surface area contributed by atoms with E-state index in [0.29, 0.717) is 0 Å². The minimum Gasteiger partial charge on any atom is -0.390 e. The molecule has 1 aromatic rings. The van der Waals surface area contributed by atoms with Gasteiger partial charge >= 0.3 is 21.3 Å². The third-order valence-corrected chi connectivity index (χ3v) is 6.78. The Bertz CT molecular complexity index is 1020. The van der Waals surface area contributed by atoms with E-state index in [0.717, 1.165) is 4.57 Å². The van der Waals surface area contributed by atoms with E-state index in [1.54, 1.807) is 0 Å². The van der Waals surface area contributed by atoms with Crippen LogP contribution in [0.3, 0.4) is 0 Å². The molecule has 19 heteroatoms. The first-order valence-electron chi connectivity index (χ1n) is 7.32. The van der Waals surface area contributed by atoms with Crippen molar-refractivity contribution in [2.45, 2.75) is 31.8 Å². The monoisotopic (exact) mass is 479 g/mol. The van der Waals surface area contributed by atoms with Crippen LogP contribution in [0.2, 0.25) is 0 Å². The number of hydrogen-bond donors (Lipinski definition) is 5. The van der Waals surface area contributed by atoms with Crippen LogP contribution in [0, 0.1) is 6.92 Å². The van der Waals surface area contributed by atoms with Crippen molar-refractivity contribution in [3.05, 3.63) is 32.6 Å². The molecule has 0 spiro atoms. The Kier molecular flexibility index (Phi) is 7.31. The Morgan fingerprint density at radius 2 is 1.90 bits per heavy atom. The molecule has 0 radical (unpaired) electrons. The molecule has 1 fully saturated rings. The molecule has 2 heterocycles. The molecule has 0 saturated carbocycles. The number of nitrogens with one attached hydrogen (secondary N) is 1. The maximum atomic E-state index is 12.2. The molecular formula is C10H19BN2O13P3-. The Morgan fingerprint density at radius 1 is 1.28 bits per heavy atom. The molecule has 29 heavy (non-hydrogen) atoms. The van der Waals surface area contributed by atoms with E-state index < -0.39 is 67.0 Å². The average Bonchev–Trinajstić information content (AvgIpc) is 2.86. The van der Waals surface area contributed by atoms with Gasteiger partial charge in [0.15, 0.2) is 7.47 Å². The van der Waals surface area contributed by atoms with Gasteiger partial charge < -0.3 is 33.6 Å². The number of aliphatic hydroxyl groups excluding tert-OH is 1. The summed E-state index contributed by atoms with van der Waals surface area (Å²) in [6, 6.07) is 0. The van der Waals surface area contributed by atoms with Gasteiger partial charge in [-0.2, -0.15) is 4.31 Å². The van der Waals surface area contributed by atoms with Crippen LogP contribution in [-0.2, 0) is 31.6 Å². The van der Waals surface area contributed by atoms with E-state index in [1.807, 2.05) is 0 Å². The Balaban J connectivity index is 2.03. The number of rotatable bonds is 8. The molecule has 0 aliphatic carbocycles. The zero-order chi connectivity index (χ0) is 22.2. The Hall–Kier alpha value is -0.885. The highest BCUT2D eigenvalue weighted by Gasteiger charge is 2.39. The van der Waals surface area contributed by atoms with Gasteiger partial charge in [-0.05, 0) is 6.92 Å². The first kappa shape index (κ1) is 24.4. The lowest BCUT2D eigenvalue weighted by Crippen LogP contribution is -2.33. The molecule has 0 aromatic carbocycles. The highest BCUT2D eigenvalue weighted by Crippen LogP contribution is 2.66. The van der Waals surface area contributed by atoms with Gasteiger partial charge in [0.2, 0.25) is 0 Å². The Morgan fingerprint density at radius 3 is 2.48 bits per heavy atom. The number of aryl methyl sites for hydroxylation is 1. The molecule has 166 valence electrons. The van der Waals surface area contributed by atoms with Crippen LogP contribution >= 0.6 is 23.1 Å². The van der Waals surface area contributed by atoms with Crippen molar-refractivity contribution >= 4 is 30.7 Å². The number of aromatic amines is 1. The van der Waals surface area contributed by atoms with Gasteiger partial charge in [-0.15, -0.1) is 0 Å². The fraction of sp³-hybridized carbons (Fsp3) is 0.600.